The molecule has 1 aromatic heterocycles. The summed E-state index contributed by atoms with van der Waals surface area (Å²) in [5.41, 5.74) is 1.93. The molecule has 1 heterocycles. The van der Waals surface area contributed by atoms with Crippen LogP contribution >= 0.6 is 23.8 Å². The highest BCUT2D eigenvalue weighted by molar-refractivity contribution is 7.84. The SMILES string of the molecule is CCS(=O)CCn1c(=S)[nH]c2cc(Cl)ccc21. The number of halogens is 1. The normalized spacial score (nSPS) is 13.1. The van der Waals surface area contributed by atoms with Crippen LogP contribution < -0.4 is 0 Å². The molecular formula is C11H13ClN2OS2. The van der Waals surface area contributed by atoms with Crippen LogP contribution in [0.1, 0.15) is 6.92 Å². The van der Waals surface area contributed by atoms with Gasteiger partial charge in [-0.3, -0.25) is 4.21 Å². The summed E-state index contributed by atoms with van der Waals surface area (Å²) in [5, 5.41) is 0.679. The third kappa shape index (κ3) is 2.78. The van der Waals surface area contributed by atoms with Crippen molar-refractivity contribution in [3.05, 3.63) is 28.0 Å². The Morgan fingerprint density at radius 2 is 2.29 bits per heavy atom. The summed E-state index contributed by atoms with van der Waals surface area (Å²) in [6.45, 7) is 2.59. The Labute approximate surface area is 112 Å². The molecule has 0 fully saturated rings. The van der Waals surface area contributed by atoms with Gasteiger partial charge in [0.2, 0.25) is 0 Å². The van der Waals surface area contributed by atoms with E-state index in [1.165, 1.54) is 0 Å². The number of nitrogens with one attached hydrogen (secondary N) is 1. The van der Waals surface area contributed by atoms with Crippen molar-refractivity contribution in [3.63, 3.8) is 0 Å². The van der Waals surface area contributed by atoms with Gasteiger partial charge in [0.25, 0.3) is 0 Å². The highest BCUT2D eigenvalue weighted by Gasteiger charge is 2.05. The molecule has 0 aliphatic heterocycles. The Kier molecular flexibility index (Phi) is 4.01. The Hall–Kier alpha value is -0.650. The number of hydrogen-bond acceptors (Lipinski definition) is 2. The van der Waals surface area contributed by atoms with Gasteiger partial charge in [0.05, 0.1) is 11.0 Å². The van der Waals surface area contributed by atoms with Crippen molar-refractivity contribution in [2.75, 3.05) is 11.5 Å². The lowest BCUT2D eigenvalue weighted by Gasteiger charge is -2.03. The molecular weight excluding hydrogens is 276 g/mol. The summed E-state index contributed by atoms with van der Waals surface area (Å²) in [4.78, 5) is 3.10. The number of rotatable bonds is 4. The first-order valence-electron chi connectivity index (χ1n) is 5.35. The van der Waals surface area contributed by atoms with Crippen molar-refractivity contribution in [2.45, 2.75) is 13.5 Å². The van der Waals surface area contributed by atoms with Crippen molar-refractivity contribution in [1.82, 2.24) is 9.55 Å². The van der Waals surface area contributed by atoms with E-state index in [0.717, 1.165) is 11.0 Å². The molecule has 2 rings (SSSR count). The molecule has 1 N–H and O–H groups in total. The van der Waals surface area contributed by atoms with Gasteiger partial charge in [-0.1, -0.05) is 18.5 Å². The van der Waals surface area contributed by atoms with Gasteiger partial charge in [-0.2, -0.15) is 0 Å². The summed E-state index contributed by atoms with van der Waals surface area (Å²) in [6, 6.07) is 5.61. The number of benzene rings is 1. The van der Waals surface area contributed by atoms with Crippen molar-refractivity contribution < 1.29 is 4.21 Å². The van der Waals surface area contributed by atoms with Gasteiger partial charge < -0.3 is 9.55 Å². The van der Waals surface area contributed by atoms with Crippen LogP contribution in [0.2, 0.25) is 5.02 Å². The Morgan fingerprint density at radius 3 is 3.00 bits per heavy atom. The van der Waals surface area contributed by atoms with Gasteiger partial charge in [0, 0.05) is 33.9 Å². The molecule has 0 saturated heterocycles. The topological polar surface area (TPSA) is 37.8 Å². The van der Waals surface area contributed by atoms with Crippen LogP contribution in [-0.2, 0) is 17.3 Å². The third-order valence-electron chi connectivity index (χ3n) is 2.60. The van der Waals surface area contributed by atoms with Crippen molar-refractivity contribution in [2.24, 2.45) is 0 Å². The zero-order chi connectivity index (χ0) is 12.4. The average molecular weight is 289 g/mol. The maximum absolute atomic E-state index is 11.4. The van der Waals surface area contributed by atoms with Crippen molar-refractivity contribution in [3.8, 4) is 0 Å². The minimum Gasteiger partial charge on any atom is -0.331 e. The van der Waals surface area contributed by atoms with E-state index in [-0.39, 0.29) is 0 Å². The number of aromatic nitrogens is 2. The van der Waals surface area contributed by atoms with Crippen LogP contribution in [0, 0.1) is 4.77 Å². The van der Waals surface area contributed by atoms with Crippen molar-refractivity contribution in [1.29, 1.82) is 0 Å². The number of aromatic amines is 1. The largest absolute Gasteiger partial charge is 0.331 e. The number of nitrogens with zero attached hydrogens (tertiary/aromatic N) is 1. The predicted octanol–water partition coefficient (Wildman–Crippen LogP) is 3.12. The fourth-order valence-corrected chi connectivity index (χ4v) is 2.84. The fraction of sp³-hybridized carbons (Fsp3) is 0.364. The maximum atomic E-state index is 11.4. The molecule has 0 radical (unpaired) electrons. The molecule has 0 aliphatic carbocycles. The molecule has 3 nitrogen and oxygen atoms in total. The number of imidazole rings is 1. The van der Waals surface area contributed by atoms with Gasteiger partial charge in [-0.05, 0) is 30.4 Å². The molecule has 0 bridgehead atoms. The first-order valence-corrected chi connectivity index (χ1v) is 7.62. The van der Waals surface area contributed by atoms with Gasteiger partial charge in [0.1, 0.15) is 0 Å². The lowest BCUT2D eigenvalue weighted by molar-refractivity contribution is 0.675. The summed E-state index contributed by atoms with van der Waals surface area (Å²) >= 11 is 11.2. The van der Waals surface area contributed by atoms with E-state index in [0.29, 0.717) is 27.8 Å². The summed E-state index contributed by atoms with van der Waals surface area (Å²) in [6.07, 6.45) is 0. The quantitative estimate of drug-likeness (QED) is 0.878. The lowest BCUT2D eigenvalue weighted by atomic mass is 10.3. The maximum Gasteiger partial charge on any atom is 0.178 e. The van der Waals surface area contributed by atoms with E-state index in [2.05, 4.69) is 4.98 Å². The molecule has 0 saturated carbocycles. The lowest BCUT2D eigenvalue weighted by Crippen LogP contribution is -2.08. The summed E-state index contributed by atoms with van der Waals surface area (Å²) in [5.74, 6) is 1.31. The standard InChI is InChI=1S/C11H13ClN2OS2/c1-2-17(15)6-5-14-10-4-3-8(12)7-9(10)13-11(14)16/h3-4,7H,2,5-6H2,1H3,(H,13,16). The molecule has 0 amide bonds. The summed E-state index contributed by atoms with van der Waals surface area (Å²) in [7, 11) is -0.774. The average Bonchev–Trinajstić information content (AvgIpc) is 2.61. The highest BCUT2D eigenvalue weighted by atomic mass is 35.5. The third-order valence-corrected chi connectivity index (χ3v) is 4.44. The van der Waals surface area contributed by atoms with Crippen LogP contribution in [0.5, 0.6) is 0 Å². The van der Waals surface area contributed by atoms with Gasteiger partial charge >= 0.3 is 0 Å². The highest BCUT2D eigenvalue weighted by Crippen LogP contribution is 2.19. The van der Waals surface area contributed by atoms with Crippen LogP contribution in [0.3, 0.4) is 0 Å². The minimum absolute atomic E-state index is 0.625. The minimum atomic E-state index is -0.774. The van der Waals surface area contributed by atoms with E-state index in [9.17, 15) is 4.21 Å². The van der Waals surface area contributed by atoms with E-state index >= 15 is 0 Å². The summed E-state index contributed by atoms with van der Waals surface area (Å²) < 4.78 is 14.1. The van der Waals surface area contributed by atoms with E-state index in [1.807, 2.05) is 29.7 Å². The number of aryl methyl sites for hydroxylation is 1. The first-order chi connectivity index (χ1) is 8.11. The molecule has 92 valence electrons. The number of hydrogen-bond donors (Lipinski definition) is 1. The first kappa shape index (κ1) is 12.8. The van der Waals surface area contributed by atoms with E-state index in [4.69, 9.17) is 23.8 Å². The molecule has 2 aromatic rings. The molecule has 17 heavy (non-hydrogen) atoms. The zero-order valence-electron chi connectivity index (χ0n) is 9.40. The fourth-order valence-electron chi connectivity index (χ4n) is 1.70. The zero-order valence-corrected chi connectivity index (χ0v) is 11.8. The predicted molar refractivity (Wildman–Crippen MR) is 75.7 cm³/mol. The second kappa shape index (κ2) is 5.33. The molecule has 0 spiro atoms. The van der Waals surface area contributed by atoms with Gasteiger partial charge in [-0.15, -0.1) is 0 Å². The van der Waals surface area contributed by atoms with Crippen LogP contribution in [0.15, 0.2) is 18.2 Å². The van der Waals surface area contributed by atoms with Gasteiger partial charge in [-0.25, -0.2) is 0 Å². The molecule has 1 aromatic carbocycles. The monoisotopic (exact) mass is 288 g/mol. The van der Waals surface area contributed by atoms with Crippen LogP contribution in [-0.4, -0.2) is 25.3 Å². The van der Waals surface area contributed by atoms with Gasteiger partial charge in [0.15, 0.2) is 4.77 Å². The molecule has 6 heteroatoms. The Balaban J connectivity index is 2.36. The number of H-pyrrole nitrogens is 1. The smallest absolute Gasteiger partial charge is 0.178 e. The van der Waals surface area contributed by atoms with Crippen molar-refractivity contribution >= 4 is 45.7 Å². The number of fused-ring (bicyclic) bond motifs is 1. The van der Waals surface area contributed by atoms with Crippen LogP contribution in [0.4, 0.5) is 0 Å². The van der Waals surface area contributed by atoms with Crippen LogP contribution in [0.25, 0.3) is 11.0 Å². The molecule has 0 aliphatic rings. The second-order valence-corrected chi connectivity index (χ2v) is 6.36. The Bertz CT molecular complexity index is 617. The molecule has 1 atom stereocenters. The van der Waals surface area contributed by atoms with E-state index in [1.54, 1.807) is 0 Å². The van der Waals surface area contributed by atoms with E-state index < -0.39 is 10.8 Å². The second-order valence-electron chi connectivity index (χ2n) is 3.68. The molecule has 1 unspecified atom stereocenters. The Morgan fingerprint density at radius 1 is 1.53 bits per heavy atom.